The summed E-state index contributed by atoms with van der Waals surface area (Å²) in [4.78, 5) is 4.95. The van der Waals surface area contributed by atoms with Crippen molar-refractivity contribution in [2.24, 2.45) is 0 Å². The maximum Gasteiger partial charge on any atom is 0.0747 e. The van der Waals surface area contributed by atoms with E-state index in [-0.39, 0.29) is 16.2 Å². The summed E-state index contributed by atoms with van der Waals surface area (Å²) < 4.78 is 0. The molecule has 42 heavy (non-hydrogen) atoms. The van der Waals surface area contributed by atoms with Crippen LogP contribution in [0.3, 0.4) is 0 Å². The lowest BCUT2D eigenvalue weighted by Gasteiger charge is -2.32. The predicted molar refractivity (Wildman–Crippen MR) is 189 cm³/mol. The first-order chi connectivity index (χ1) is 19.7. The minimum atomic E-state index is -0.677. The van der Waals surface area contributed by atoms with E-state index in [1.807, 2.05) is 12.3 Å². The topological polar surface area (TPSA) is 12.9 Å². The SMILES string of the molecule is CC(=Pc1c(C(C)(C)C)cc(C(C)(C)C)cc1C(C)(C)C)c1c2c(c(-c3ccccn3)p1-c1ccccc1)CCCC2. The van der Waals surface area contributed by atoms with Gasteiger partial charge < -0.3 is 0 Å². The minimum Gasteiger partial charge on any atom is -0.256 e. The van der Waals surface area contributed by atoms with Gasteiger partial charge in [-0.2, -0.15) is 0 Å². The Morgan fingerprint density at radius 1 is 0.714 bits per heavy atom. The molecule has 0 fully saturated rings. The molecule has 0 radical (unpaired) electrons. The van der Waals surface area contributed by atoms with Crippen LogP contribution >= 0.6 is 15.7 Å². The Morgan fingerprint density at radius 2 is 1.29 bits per heavy atom. The van der Waals surface area contributed by atoms with Crippen LogP contribution in [0.5, 0.6) is 0 Å². The highest BCUT2D eigenvalue weighted by Gasteiger charge is 2.31. The molecule has 5 rings (SSSR count). The number of aromatic nitrogens is 1. The fraction of sp³-hybridized carbons (Fsp3) is 0.436. The third-order valence-corrected chi connectivity index (χ3v) is 12.9. The molecular formula is C39H49NP2. The van der Waals surface area contributed by atoms with Gasteiger partial charge in [0.2, 0.25) is 0 Å². The molecule has 2 aromatic carbocycles. The lowest BCUT2D eigenvalue weighted by molar-refractivity contribution is 0.554. The van der Waals surface area contributed by atoms with E-state index in [9.17, 15) is 0 Å². The summed E-state index contributed by atoms with van der Waals surface area (Å²) in [5, 5.41) is 7.60. The summed E-state index contributed by atoms with van der Waals surface area (Å²) in [6.07, 6.45) is 6.87. The molecule has 3 heteroatoms. The maximum absolute atomic E-state index is 4.95. The summed E-state index contributed by atoms with van der Waals surface area (Å²) in [6.45, 7) is 23.8. The number of hydrogen-bond acceptors (Lipinski definition) is 1. The fourth-order valence-electron chi connectivity index (χ4n) is 6.35. The van der Waals surface area contributed by atoms with E-state index >= 15 is 0 Å². The monoisotopic (exact) mass is 593 g/mol. The van der Waals surface area contributed by atoms with Crippen LogP contribution in [0.4, 0.5) is 0 Å². The Morgan fingerprint density at radius 3 is 1.81 bits per heavy atom. The Bertz CT molecular complexity index is 1570. The van der Waals surface area contributed by atoms with E-state index in [2.05, 4.69) is 124 Å². The van der Waals surface area contributed by atoms with Crippen LogP contribution in [-0.2, 0) is 29.1 Å². The first-order valence-electron chi connectivity index (χ1n) is 15.7. The number of pyridine rings is 1. The van der Waals surface area contributed by atoms with Crippen molar-refractivity contribution in [2.75, 3.05) is 0 Å². The molecule has 220 valence electrons. The van der Waals surface area contributed by atoms with E-state index in [4.69, 9.17) is 4.98 Å². The molecule has 4 aromatic rings. The van der Waals surface area contributed by atoms with Crippen LogP contribution in [-0.4, -0.2) is 10.3 Å². The van der Waals surface area contributed by atoms with Crippen molar-refractivity contribution in [3.8, 4) is 16.3 Å². The van der Waals surface area contributed by atoms with Gasteiger partial charge in [-0.05, 0) is 99.4 Å². The second-order valence-corrected chi connectivity index (χ2v) is 18.5. The standard InChI is InChI=1S/C39H49NP2/c1-26(41-34-31(38(5,6)7)24-27(37(2,3)4)25-32(34)39(8,9)10)35-29-20-14-15-21-30(29)36(33-22-16-17-23-40-33)42(35)28-18-12-11-13-19-28/h11-13,16-19,22-25H,14-15,20-21H2,1-10H3. The average molecular weight is 594 g/mol. The van der Waals surface area contributed by atoms with Crippen molar-refractivity contribution in [3.63, 3.8) is 0 Å². The summed E-state index contributed by atoms with van der Waals surface area (Å²) in [5.74, 6) is 0. The van der Waals surface area contributed by atoms with E-state index in [1.54, 1.807) is 16.4 Å². The second kappa shape index (κ2) is 11.6. The largest absolute Gasteiger partial charge is 0.256 e. The zero-order chi connectivity index (χ0) is 30.4. The van der Waals surface area contributed by atoms with Crippen molar-refractivity contribution in [1.82, 2.24) is 4.98 Å². The van der Waals surface area contributed by atoms with Crippen LogP contribution in [0, 0.1) is 0 Å². The van der Waals surface area contributed by atoms with Gasteiger partial charge in [-0.3, -0.25) is 4.98 Å². The summed E-state index contributed by atoms with van der Waals surface area (Å²) >= 11 is 0. The van der Waals surface area contributed by atoms with Crippen LogP contribution < -0.4 is 5.30 Å². The Hall–Kier alpha value is -2.46. The minimum absolute atomic E-state index is 0.0505. The molecule has 2 heterocycles. The zero-order valence-electron chi connectivity index (χ0n) is 27.5. The van der Waals surface area contributed by atoms with Gasteiger partial charge in [0.05, 0.1) is 5.69 Å². The molecule has 1 atom stereocenters. The third-order valence-electron chi connectivity index (χ3n) is 8.62. The number of benzene rings is 2. The van der Waals surface area contributed by atoms with Gasteiger partial charge in [0, 0.05) is 22.1 Å². The Labute approximate surface area is 258 Å². The van der Waals surface area contributed by atoms with Gasteiger partial charge in [0.15, 0.2) is 0 Å². The molecular weight excluding hydrogens is 544 g/mol. The normalized spacial score (nSPS) is 15.1. The molecule has 1 aliphatic rings. The fourth-order valence-corrected chi connectivity index (χ4v) is 11.3. The summed E-state index contributed by atoms with van der Waals surface area (Å²) in [5.41, 5.74) is 9.02. The molecule has 1 unspecified atom stereocenters. The molecule has 1 nitrogen and oxygen atoms in total. The Kier molecular flexibility index (Phi) is 8.53. The van der Waals surface area contributed by atoms with Crippen LogP contribution in [0.25, 0.3) is 16.3 Å². The molecule has 0 amide bonds. The molecule has 0 spiro atoms. The lowest BCUT2D eigenvalue weighted by atomic mass is 9.75. The zero-order valence-corrected chi connectivity index (χ0v) is 29.3. The summed E-state index contributed by atoms with van der Waals surface area (Å²) in [7, 11) is 0.670. The first-order valence-corrected chi connectivity index (χ1v) is 17.9. The summed E-state index contributed by atoms with van der Waals surface area (Å²) in [6, 6.07) is 22.8. The van der Waals surface area contributed by atoms with E-state index < -0.39 is 7.53 Å². The highest BCUT2D eigenvalue weighted by Crippen LogP contribution is 2.58. The number of fused-ring (bicyclic) bond motifs is 1. The molecule has 2 aromatic heterocycles. The molecule has 0 N–H and O–H groups in total. The second-order valence-electron chi connectivity index (χ2n) is 15.1. The van der Waals surface area contributed by atoms with Gasteiger partial charge in [-0.1, -0.05) is 127 Å². The quantitative estimate of drug-likeness (QED) is 0.215. The van der Waals surface area contributed by atoms with E-state index in [0.29, 0.717) is 0 Å². The first kappa shape index (κ1) is 31.0. The van der Waals surface area contributed by atoms with Crippen molar-refractivity contribution in [2.45, 2.75) is 111 Å². The number of hydrogen-bond donors (Lipinski definition) is 0. The van der Waals surface area contributed by atoms with Gasteiger partial charge >= 0.3 is 0 Å². The van der Waals surface area contributed by atoms with Gasteiger partial charge in [-0.15, -0.1) is 0 Å². The van der Waals surface area contributed by atoms with E-state index in [0.717, 1.165) is 0 Å². The average Bonchev–Trinajstić information content (AvgIpc) is 3.27. The highest BCUT2D eigenvalue weighted by atomic mass is 31.1. The van der Waals surface area contributed by atoms with Gasteiger partial charge in [0.25, 0.3) is 0 Å². The van der Waals surface area contributed by atoms with E-state index in [1.165, 1.54) is 77.5 Å². The molecule has 1 aliphatic carbocycles. The lowest BCUT2D eigenvalue weighted by Crippen LogP contribution is -2.30. The smallest absolute Gasteiger partial charge is 0.0747 e. The molecule has 0 saturated heterocycles. The van der Waals surface area contributed by atoms with Crippen molar-refractivity contribution < 1.29 is 0 Å². The van der Waals surface area contributed by atoms with Crippen molar-refractivity contribution in [1.29, 1.82) is 0 Å². The van der Waals surface area contributed by atoms with Crippen molar-refractivity contribution >= 4 is 26.3 Å². The Balaban J connectivity index is 1.87. The number of rotatable bonds is 4. The third kappa shape index (κ3) is 6.11. The maximum atomic E-state index is 4.95. The van der Waals surface area contributed by atoms with Crippen LogP contribution in [0.1, 0.15) is 115 Å². The molecule has 0 aliphatic heterocycles. The molecule has 0 saturated carbocycles. The highest BCUT2D eigenvalue weighted by molar-refractivity contribution is 7.64. The van der Waals surface area contributed by atoms with Crippen molar-refractivity contribution in [3.05, 3.63) is 100.0 Å². The molecule has 0 bridgehead atoms. The van der Waals surface area contributed by atoms with Gasteiger partial charge in [0.1, 0.15) is 0 Å². The van der Waals surface area contributed by atoms with Crippen LogP contribution in [0.15, 0.2) is 66.9 Å². The van der Waals surface area contributed by atoms with Gasteiger partial charge in [-0.25, -0.2) is 0 Å². The predicted octanol–water partition coefficient (Wildman–Crippen LogP) is 11.3. The van der Waals surface area contributed by atoms with Crippen LogP contribution in [0.2, 0.25) is 0 Å². The number of nitrogens with zero attached hydrogens (tertiary/aromatic N) is 1.